The minimum absolute atomic E-state index is 0.00511. The zero-order valence-corrected chi connectivity index (χ0v) is 8.80. The predicted octanol–water partition coefficient (Wildman–Crippen LogP) is 3.04. The summed E-state index contributed by atoms with van der Waals surface area (Å²) in [6, 6.07) is 4.90. The maximum absolute atomic E-state index is 13.4. The fourth-order valence-electron chi connectivity index (χ4n) is 1.16. The molecule has 0 heterocycles. The molecule has 0 unspecified atom stereocenters. The molecular weight excluding hydrogens is 181 g/mol. The normalized spacial score (nSPS) is 10.4. The fourth-order valence-corrected chi connectivity index (χ4v) is 1.16. The van der Waals surface area contributed by atoms with Gasteiger partial charge in [-0.2, -0.15) is 0 Å². The van der Waals surface area contributed by atoms with Crippen molar-refractivity contribution >= 4 is 5.69 Å². The van der Waals surface area contributed by atoms with Crippen molar-refractivity contribution in [1.29, 1.82) is 0 Å². The summed E-state index contributed by atoms with van der Waals surface area (Å²) in [6.45, 7) is 6.50. The quantitative estimate of drug-likeness (QED) is 0.801. The molecule has 0 aliphatic rings. The Labute approximate surface area is 84.1 Å². The largest absolute Gasteiger partial charge is 0.488 e. The Bertz CT molecular complexity index is 299. The molecule has 0 aliphatic heterocycles. The van der Waals surface area contributed by atoms with E-state index in [1.807, 2.05) is 26.8 Å². The first kappa shape index (κ1) is 10.8. The Kier molecular flexibility index (Phi) is 3.74. The van der Waals surface area contributed by atoms with Crippen molar-refractivity contribution in [2.75, 3.05) is 11.9 Å². The van der Waals surface area contributed by atoms with Gasteiger partial charge >= 0.3 is 0 Å². The summed E-state index contributed by atoms with van der Waals surface area (Å²) >= 11 is 0. The first-order valence-electron chi connectivity index (χ1n) is 4.83. The zero-order valence-electron chi connectivity index (χ0n) is 8.80. The van der Waals surface area contributed by atoms with Crippen LogP contribution in [0.2, 0.25) is 0 Å². The van der Waals surface area contributed by atoms with E-state index in [1.54, 1.807) is 6.07 Å². The third-order valence-electron chi connectivity index (χ3n) is 1.68. The van der Waals surface area contributed by atoms with Crippen molar-refractivity contribution in [2.45, 2.75) is 26.9 Å². The number of ether oxygens (including phenoxy) is 1. The summed E-state index contributed by atoms with van der Waals surface area (Å²) in [5.41, 5.74) is 0.779. The number of nitrogens with one attached hydrogen (secondary N) is 1. The number of hydrogen-bond acceptors (Lipinski definition) is 2. The van der Waals surface area contributed by atoms with E-state index in [2.05, 4.69) is 5.32 Å². The molecule has 0 aromatic heterocycles. The van der Waals surface area contributed by atoms with Crippen molar-refractivity contribution in [1.82, 2.24) is 0 Å². The Morgan fingerprint density at radius 2 is 2.14 bits per heavy atom. The Morgan fingerprint density at radius 1 is 1.43 bits per heavy atom. The van der Waals surface area contributed by atoms with Gasteiger partial charge in [-0.1, -0.05) is 0 Å². The van der Waals surface area contributed by atoms with Gasteiger partial charge in [0.1, 0.15) is 0 Å². The SMILES string of the molecule is CCNc1ccc(OC(C)C)c(F)c1. The van der Waals surface area contributed by atoms with Crippen molar-refractivity contribution in [3.05, 3.63) is 24.0 Å². The van der Waals surface area contributed by atoms with Gasteiger partial charge in [-0.25, -0.2) is 4.39 Å². The van der Waals surface area contributed by atoms with Gasteiger partial charge in [0.2, 0.25) is 0 Å². The van der Waals surface area contributed by atoms with Crippen LogP contribution in [-0.2, 0) is 0 Å². The number of hydrogen-bond donors (Lipinski definition) is 1. The van der Waals surface area contributed by atoms with Gasteiger partial charge in [-0.05, 0) is 32.9 Å². The lowest BCUT2D eigenvalue weighted by atomic mass is 10.3. The van der Waals surface area contributed by atoms with Crippen LogP contribution in [0.5, 0.6) is 5.75 Å². The first-order chi connectivity index (χ1) is 6.63. The van der Waals surface area contributed by atoms with E-state index in [0.717, 1.165) is 12.2 Å². The lowest BCUT2D eigenvalue weighted by Crippen LogP contribution is -2.07. The Hall–Kier alpha value is -1.25. The molecule has 0 radical (unpaired) electrons. The van der Waals surface area contributed by atoms with E-state index < -0.39 is 0 Å². The second-order valence-corrected chi connectivity index (χ2v) is 3.34. The summed E-state index contributed by atoms with van der Waals surface area (Å²) < 4.78 is 18.6. The van der Waals surface area contributed by atoms with Crippen LogP contribution in [0.3, 0.4) is 0 Å². The van der Waals surface area contributed by atoms with Crippen LogP contribution in [0.25, 0.3) is 0 Å². The highest BCUT2D eigenvalue weighted by Crippen LogP contribution is 2.21. The standard InChI is InChI=1S/C11H16FNO/c1-4-13-9-5-6-11(10(12)7-9)14-8(2)3/h5-8,13H,4H2,1-3H3. The van der Waals surface area contributed by atoms with Crippen LogP contribution in [0.15, 0.2) is 18.2 Å². The summed E-state index contributed by atoms with van der Waals surface area (Å²) in [4.78, 5) is 0. The van der Waals surface area contributed by atoms with E-state index in [-0.39, 0.29) is 11.9 Å². The monoisotopic (exact) mass is 197 g/mol. The van der Waals surface area contributed by atoms with Gasteiger partial charge in [0.25, 0.3) is 0 Å². The molecule has 14 heavy (non-hydrogen) atoms. The van der Waals surface area contributed by atoms with Crippen molar-refractivity contribution in [3.8, 4) is 5.75 Å². The lowest BCUT2D eigenvalue weighted by Gasteiger charge is -2.11. The molecule has 0 aliphatic carbocycles. The van der Waals surface area contributed by atoms with E-state index >= 15 is 0 Å². The van der Waals surface area contributed by atoms with E-state index in [0.29, 0.717) is 5.75 Å². The molecule has 0 amide bonds. The van der Waals surface area contributed by atoms with Crippen LogP contribution in [0, 0.1) is 5.82 Å². The second kappa shape index (κ2) is 4.84. The summed E-state index contributed by atoms with van der Waals surface area (Å²) in [5, 5.41) is 3.03. The molecule has 0 atom stereocenters. The molecule has 3 heteroatoms. The number of benzene rings is 1. The molecular formula is C11H16FNO. The minimum Gasteiger partial charge on any atom is -0.488 e. The van der Waals surface area contributed by atoms with Gasteiger partial charge in [0, 0.05) is 18.3 Å². The lowest BCUT2D eigenvalue weighted by molar-refractivity contribution is 0.231. The average molecular weight is 197 g/mol. The maximum Gasteiger partial charge on any atom is 0.167 e. The van der Waals surface area contributed by atoms with Crippen molar-refractivity contribution in [3.63, 3.8) is 0 Å². The van der Waals surface area contributed by atoms with Crippen LogP contribution >= 0.6 is 0 Å². The van der Waals surface area contributed by atoms with Crippen LogP contribution in [-0.4, -0.2) is 12.6 Å². The maximum atomic E-state index is 13.4. The summed E-state index contributed by atoms with van der Waals surface area (Å²) in [7, 11) is 0. The molecule has 1 N–H and O–H groups in total. The Morgan fingerprint density at radius 3 is 2.64 bits per heavy atom. The molecule has 0 saturated heterocycles. The highest BCUT2D eigenvalue weighted by molar-refractivity contribution is 5.47. The summed E-state index contributed by atoms with van der Waals surface area (Å²) in [5.74, 6) is -0.0150. The van der Waals surface area contributed by atoms with Crippen molar-refractivity contribution < 1.29 is 9.13 Å². The molecule has 1 aromatic carbocycles. The molecule has 0 bridgehead atoms. The van der Waals surface area contributed by atoms with Gasteiger partial charge in [-0.15, -0.1) is 0 Å². The predicted molar refractivity (Wildman–Crippen MR) is 56.3 cm³/mol. The van der Waals surface area contributed by atoms with Crippen LogP contribution in [0.1, 0.15) is 20.8 Å². The van der Waals surface area contributed by atoms with E-state index in [4.69, 9.17) is 4.74 Å². The van der Waals surface area contributed by atoms with Gasteiger partial charge in [0.05, 0.1) is 6.10 Å². The molecule has 0 spiro atoms. The second-order valence-electron chi connectivity index (χ2n) is 3.34. The average Bonchev–Trinajstić information content (AvgIpc) is 2.10. The van der Waals surface area contributed by atoms with Gasteiger partial charge in [0.15, 0.2) is 11.6 Å². The van der Waals surface area contributed by atoms with Crippen LogP contribution in [0.4, 0.5) is 10.1 Å². The highest BCUT2D eigenvalue weighted by Gasteiger charge is 2.05. The molecule has 0 fully saturated rings. The number of rotatable bonds is 4. The molecule has 1 rings (SSSR count). The summed E-state index contributed by atoms with van der Waals surface area (Å²) in [6.07, 6.45) is -0.00511. The van der Waals surface area contributed by atoms with Crippen LogP contribution < -0.4 is 10.1 Å². The van der Waals surface area contributed by atoms with Crippen molar-refractivity contribution in [2.24, 2.45) is 0 Å². The highest BCUT2D eigenvalue weighted by atomic mass is 19.1. The third-order valence-corrected chi connectivity index (χ3v) is 1.68. The smallest absolute Gasteiger partial charge is 0.167 e. The topological polar surface area (TPSA) is 21.3 Å². The van der Waals surface area contributed by atoms with E-state index in [9.17, 15) is 4.39 Å². The molecule has 1 aromatic rings. The zero-order chi connectivity index (χ0) is 10.6. The molecule has 2 nitrogen and oxygen atoms in total. The number of halogens is 1. The fraction of sp³-hybridized carbons (Fsp3) is 0.455. The Balaban J connectivity index is 2.79. The van der Waals surface area contributed by atoms with Gasteiger partial charge < -0.3 is 10.1 Å². The minimum atomic E-state index is -0.322. The number of anilines is 1. The molecule has 78 valence electrons. The third kappa shape index (κ3) is 2.91. The first-order valence-corrected chi connectivity index (χ1v) is 4.83. The molecule has 0 saturated carbocycles. The van der Waals surface area contributed by atoms with Gasteiger partial charge in [-0.3, -0.25) is 0 Å². The van der Waals surface area contributed by atoms with E-state index in [1.165, 1.54) is 6.07 Å².